The minimum Gasteiger partial charge on any atom is -0.508 e. The fraction of sp³-hybridized carbons (Fsp3) is 0.455. The van der Waals surface area contributed by atoms with E-state index in [0.717, 1.165) is 11.3 Å². The number of aromatic hydroxyl groups is 1. The summed E-state index contributed by atoms with van der Waals surface area (Å²) < 4.78 is 5.49. The van der Waals surface area contributed by atoms with Gasteiger partial charge in [-0.25, -0.2) is 0 Å². The lowest BCUT2D eigenvalue weighted by Crippen LogP contribution is -2.07. The SMILES string of the molecule is CC(C)C1COc2cccc(O)c21. The number of rotatable bonds is 1. The van der Waals surface area contributed by atoms with E-state index in [1.807, 2.05) is 12.1 Å². The largest absolute Gasteiger partial charge is 0.508 e. The number of ether oxygens (including phenoxy) is 1. The number of phenolic OH excluding ortho intramolecular Hbond substituents is 1. The van der Waals surface area contributed by atoms with E-state index in [1.54, 1.807) is 6.07 Å². The van der Waals surface area contributed by atoms with E-state index < -0.39 is 0 Å². The molecule has 13 heavy (non-hydrogen) atoms. The van der Waals surface area contributed by atoms with Crippen LogP contribution < -0.4 is 4.74 Å². The molecule has 1 unspecified atom stereocenters. The summed E-state index contributed by atoms with van der Waals surface area (Å²) in [5.74, 6) is 2.07. The average Bonchev–Trinajstić information content (AvgIpc) is 2.49. The van der Waals surface area contributed by atoms with Gasteiger partial charge in [-0.2, -0.15) is 0 Å². The molecular weight excluding hydrogens is 164 g/mol. The zero-order valence-electron chi connectivity index (χ0n) is 7.95. The highest BCUT2D eigenvalue weighted by atomic mass is 16.5. The minimum absolute atomic E-state index is 0.344. The molecule has 1 atom stereocenters. The molecule has 0 amide bonds. The van der Waals surface area contributed by atoms with Crippen molar-refractivity contribution in [1.82, 2.24) is 0 Å². The van der Waals surface area contributed by atoms with Crippen LogP contribution in [0.5, 0.6) is 11.5 Å². The normalized spacial score (nSPS) is 20.1. The fourth-order valence-electron chi connectivity index (χ4n) is 1.82. The Morgan fingerprint density at radius 2 is 2.23 bits per heavy atom. The number of benzene rings is 1. The molecule has 1 heterocycles. The summed E-state index contributed by atoms with van der Waals surface area (Å²) in [5, 5.41) is 9.67. The van der Waals surface area contributed by atoms with Gasteiger partial charge in [0, 0.05) is 11.5 Å². The van der Waals surface area contributed by atoms with Crippen LogP contribution in [-0.2, 0) is 0 Å². The van der Waals surface area contributed by atoms with Crippen LogP contribution in [0.4, 0.5) is 0 Å². The molecule has 0 aliphatic carbocycles. The first-order valence-corrected chi connectivity index (χ1v) is 4.65. The highest BCUT2D eigenvalue weighted by Crippen LogP contribution is 2.43. The second kappa shape index (κ2) is 2.95. The molecule has 0 spiro atoms. The van der Waals surface area contributed by atoms with Gasteiger partial charge in [-0.15, -0.1) is 0 Å². The highest BCUT2D eigenvalue weighted by molar-refractivity contribution is 5.49. The second-order valence-corrected chi connectivity index (χ2v) is 3.85. The molecule has 0 saturated carbocycles. The van der Waals surface area contributed by atoms with Crippen molar-refractivity contribution in [3.63, 3.8) is 0 Å². The van der Waals surface area contributed by atoms with Gasteiger partial charge in [0.25, 0.3) is 0 Å². The van der Waals surface area contributed by atoms with Gasteiger partial charge in [0.15, 0.2) is 0 Å². The number of phenols is 1. The van der Waals surface area contributed by atoms with Gasteiger partial charge in [0.2, 0.25) is 0 Å². The maximum Gasteiger partial charge on any atom is 0.126 e. The standard InChI is InChI=1S/C11H14O2/c1-7(2)8-6-13-10-5-3-4-9(12)11(8)10/h3-5,7-8,12H,6H2,1-2H3. The van der Waals surface area contributed by atoms with Gasteiger partial charge in [0.1, 0.15) is 11.5 Å². The molecule has 2 nitrogen and oxygen atoms in total. The van der Waals surface area contributed by atoms with Crippen LogP contribution in [0.3, 0.4) is 0 Å². The predicted molar refractivity (Wildman–Crippen MR) is 51.2 cm³/mol. The van der Waals surface area contributed by atoms with Crippen LogP contribution in [-0.4, -0.2) is 11.7 Å². The number of fused-ring (bicyclic) bond motifs is 1. The average molecular weight is 178 g/mol. The van der Waals surface area contributed by atoms with E-state index in [1.165, 1.54) is 0 Å². The van der Waals surface area contributed by atoms with Crippen LogP contribution in [0.2, 0.25) is 0 Å². The molecule has 0 radical (unpaired) electrons. The monoisotopic (exact) mass is 178 g/mol. The quantitative estimate of drug-likeness (QED) is 0.716. The lowest BCUT2D eigenvalue weighted by atomic mass is 9.90. The van der Waals surface area contributed by atoms with Crippen molar-refractivity contribution in [2.75, 3.05) is 6.61 Å². The van der Waals surface area contributed by atoms with E-state index in [9.17, 15) is 5.11 Å². The van der Waals surface area contributed by atoms with Crippen molar-refractivity contribution in [1.29, 1.82) is 0 Å². The molecule has 0 aromatic heterocycles. The van der Waals surface area contributed by atoms with Crippen molar-refractivity contribution >= 4 is 0 Å². The Hall–Kier alpha value is -1.18. The van der Waals surface area contributed by atoms with Crippen molar-refractivity contribution < 1.29 is 9.84 Å². The molecule has 0 saturated heterocycles. The summed E-state index contributed by atoms with van der Waals surface area (Å²) in [6.45, 7) is 5.00. The minimum atomic E-state index is 0.344. The lowest BCUT2D eigenvalue weighted by Gasteiger charge is -2.13. The molecule has 0 bridgehead atoms. The Labute approximate surface area is 78.2 Å². The molecule has 1 aromatic rings. The van der Waals surface area contributed by atoms with Gasteiger partial charge < -0.3 is 9.84 Å². The van der Waals surface area contributed by atoms with Crippen LogP contribution >= 0.6 is 0 Å². The van der Waals surface area contributed by atoms with E-state index in [2.05, 4.69) is 13.8 Å². The predicted octanol–water partition coefficient (Wildman–Crippen LogP) is 2.52. The van der Waals surface area contributed by atoms with Gasteiger partial charge >= 0.3 is 0 Å². The summed E-state index contributed by atoms with van der Waals surface area (Å²) >= 11 is 0. The van der Waals surface area contributed by atoms with Crippen molar-refractivity contribution in [2.45, 2.75) is 19.8 Å². The zero-order chi connectivity index (χ0) is 9.42. The summed E-state index contributed by atoms with van der Waals surface area (Å²) in [5.41, 5.74) is 0.984. The molecule has 1 aliphatic rings. The van der Waals surface area contributed by atoms with Gasteiger partial charge in [-0.3, -0.25) is 0 Å². The van der Waals surface area contributed by atoms with E-state index in [-0.39, 0.29) is 0 Å². The van der Waals surface area contributed by atoms with Crippen LogP contribution in [0.15, 0.2) is 18.2 Å². The summed E-state index contributed by atoms with van der Waals surface area (Å²) in [4.78, 5) is 0. The molecular formula is C11H14O2. The Balaban J connectivity index is 2.46. The molecule has 2 heteroatoms. The van der Waals surface area contributed by atoms with Gasteiger partial charge in [-0.05, 0) is 18.1 Å². The maximum atomic E-state index is 9.67. The Morgan fingerprint density at radius 1 is 1.46 bits per heavy atom. The van der Waals surface area contributed by atoms with Gasteiger partial charge in [-0.1, -0.05) is 19.9 Å². The third-order valence-corrected chi connectivity index (χ3v) is 2.64. The van der Waals surface area contributed by atoms with Gasteiger partial charge in [0.05, 0.1) is 6.61 Å². The van der Waals surface area contributed by atoms with Crippen molar-refractivity contribution in [3.8, 4) is 11.5 Å². The molecule has 1 N–H and O–H groups in total. The first-order valence-electron chi connectivity index (χ1n) is 4.65. The zero-order valence-corrected chi connectivity index (χ0v) is 7.95. The molecule has 1 aliphatic heterocycles. The summed E-state index contributed by atoms with van der Waals surface area (Å²) in [6.07, 6.45) is 0. The third kappa shape index (κ3) is 1.26. The molecule has 1 aromatic carbocycles. The Bertz CT molecular complexity index is 318. The Morgan fingerprint density at radius 3 is 2.92 bits per heavy atom. The fourth-order valence-corrected chi connectivity index (χ4v) is 1.82. The van der Waals surface area contributed by atoms with Crippen molar-refractivity contribution in [2.24, 2.45) is 5.92 Å². The van der Waals surface area contributed by atoms with E-state index >= 15 is 0 Å². The summed E-state index contributed by atoms with van der Waals surface area (Å²) in [6, 6.07) is 5.46. The first-order chi connectivity index (χ1) is 6.20. The van der Waals surface area contributed by atoms with Crippen LogP contribution in [0.1, 0.15) is 25.3 Å². The number of hydrogen-bond donors (Lipinski definition) is 1. The maximum absolute atomic E-state index is 9.67. The van der Waals surface area contributed by atoms with Crippen molar-refractivity contribution in [3.05, 3.63) is 23.8 Å². The number of hydrogen-bond acceptors (Lipinski definition) is 2. The summed E-state index contributed by atoms with van der Waals surface area (Å²) in [7, 11) is 0. The topological polar surface area (TPSA) is 29.5 Å². The van der Waals surface area contributed by atoms with E-state index in [0.29, 0.717) is 24.2 Å². The lowest BCUT2D eigenvalue weighted by molar-refractivity contribution is 0.303. The van der Waals surface area contributed by atoms with Crippen LogP contribution in [0, 0.1) is 5.92 Å². The second-order valence-electron chi connectivity index (χ2n) is 3.85. The van der Waals surface area contributed by atoms with Crippen LogP contribution in [0.25, 0.3) is 0 Å². The van der Waals surface area contributed by atoms with E-state index in [4.69, 9.17) is 4.74 Å². The third-order valence-electron chi connectivity index (χ3n) is 2.64. The molecule has 0 fully saturated rings. The Kier molecular flexibility index (Phi) is 1.91. The smallest absolute Gasteiger partial charge is 0.126 e. The highest BCUT2D eigenvalue weighted by Gasteiger charge is 2.29. The first kappa shape index (κ1) is 8.42. The molecule has 2 rings (SSSR count). The molecule has 70 valence electrons.